The fraction of sp³-hybridized carbons (Fsp3) is 0.296. The third kappa shape index (κ3) is 5.09. The average Bonchev–Trinajstić information content (AvgIpc) is 3.35. The van der Waals surface area contributed by atoms with Crippen LogP contribution in [0.2, 0.25) is 0 Å². The minimum Gasteiger partial charge on any atom is -0.497 e. The Labute approximate surface area is 201 Å². The lowest BCUT2D eigenvalue weighted by Gasteiger charge is -2.28. The fourth-order valence-electron chi connectivity index (χ4n) is 4.40. The molecular weight excluding hydrogens is 448 g/mol. The van der Waals surface area contributed by atoms with E-state index < -0.39 is 10.0 Å². The topological polar surface area (TPSA) is 66.9 Å². The van der Waals surface area contributed by atoms with Gasteiger partial charge in [-0.1, -0.05) is 48.0 Å². The maximum absolute atomic E-state index is 13.5. The van der Waals surface area contributed by atoms with Gasteiger partial charge in [-0.2, -0.15) is 0 Å². The summed E-state index contributed by atoms with van der Waals surface area (Å²) in [5, 5.41) is 0. The number of carbonyl (C=O) groups excluding carboxylic acids is 1. The second kappa shape index (κ2) is 10.3. The number of carbonyl (C=O) groups is 1. The van der Waals surface area contributed by atoms with E-state index in [1.165, 1.54) is 4.31 Å². The van der Waals surface area contributed by atoms with Gasteiger partial charge >= 0.3 is 0 Å². The van der Waals surface area contributed by atoms with Crippen molar-refractivity contribution < 1.29 is 17.9 Å². The largest absolute Gasteiger partial charge is 0.497 e. The zero-order valence-electron chi connectivity index (χ0n) is 19.6. The molecule has 4 rings (SSSR count). The molecule has 1 atom stereocenters. The highest BCUT2D eigenvalue weighted by Crippen LogP contribution is 2.33. The number of rotatable bonds is 8. The lowest BCUT2D eigenvalue weighted by Crippen LogP contribution is -2.37. The second-order valence-corrected chi connectivity index (χ2v) is 10.4. The number of para-hydroxylation sites is 1. The van der Waals surface area contributed by atoms with Crippen LogP contribution in [0.25, 0.3) is 0 Å². The molecule has 1 aliphatic rings. The molecule has 0 saturated carbocycles. The molecule has 1 fully saturated rings. The molecule has 1 heterocycles. The maximum Gasteiger partial charge on any atom is 0.264 e. The van der Waals surface area contributed by atoms with Gasteiger partial charge in [-0.25, -0.2) is 8.42 Å². The molecule has 0 N–H and O–H groups in total. The van der Waals surface area contributed by atoms with Crippen LogP contribution in [0, 0.1) is 6.92 Å². The van der Waals surface area contributed by atoms with Gasteiger partial charge in [0, 0.05) is 19.5 Å². The van der Waals surface area contributed by atoms with Gasteiger partial charge in [-0.3, -0.25) is 9.10 Å². The number of hydrogen-bond acceptors (Lipinski definition) is 4. The third-order valence-electron chi connectivity index (χ3n) is 6.26. The quantitative estimate of drug-likeness (QED) is 0.459. The van der Waals surface area contributed by atoms with Gasteiger partial charge < -0.3 is 9.64 Å². The highest BCUT2D eigenvalue weighted by Gasteiger charge is 2.31. The summed E-state index contributed by atoms with van der Waals surface area (Å²) in [7, 11) is -2.19. The Kier molecular flexibility index (Phi) is 7.22. The number of aryl methyl sites for hydroxylation is 1. The first kappa shape index (κ1) is 23.8. The van der Waals surface area contributed by atoms with E-state index >= 15 is 0 Å². The normalized spacial score (nSPS) is 15.8. The van der Waals surface area contributed by atoms with E-state index in [2.05, 4.69) is 0 Å². The van der Waals surface area contributed by atoms with Gasteiger partial charge in [0.2, 0.25) is 5.91 Å². The summed E-state index contributed by atoms with van der Waals surface area (Å²) in [6.07, 6.45) is 1.92. The number of anilines is 1. The second-order valence-electron chi connectivity index (χ2n) is 8.49. The maximum atomic E-state index is 13.5. The zero-order valence-corrected chi connectivity index (χ0v) is 20.4. The molecule has 0 aromatic heterocycles. The van der Waals surface area contributed by atoms with Crippen LogP contribution in [0.3, 0.4) is 0 Å². The van der Waals surface area contributed by atoms with E-state index in [0.29, 0.717) is 12.2 Å². The molecule has 1 aliphatic heterocycles. The number of amides is 1. The van der Waals surface area contributed by atoms with Gasteiger partial charge in [-0.05, 0) is 61.7 Å². The van der Waals surface area contributed by atoms with E-state index in [4.69, 9.17) is 4.74 Å². The first-order valence-electron chi connectivity index (χ1n) is 11.5. The van der Waals surface area contributed by atoms with Crippen LogP contribution in [0.4, 0.5) is 5.69 Å². The van der Waals surface area contributed by atoms with Gasteiger partial charge in [0.25, 0.3) is 10.0 Å². The first-order valence-corrected chi connectivity index (χ1v) is 12.9. The van der Waals surface area contributed by atoms with Crippen molar-refractivity contribution in [1.82, 2.24) is 4.90 Å². The smallest absolute Gasteiger partial charge is 0.264 e. The number of hydrogen-bond donors (Lipinski definition) is 0. The fourth-order valence-corrected chi connectivity index (χ4v) is 5.86. The number of sulfonamides is 1. The van der Waals surface area contributed by atoms with Crippen LogP contribution in [0.15, 0.2) is 83.8 Å². The molecule has 0 bridgehead atoms. The lowest BCUT2D eigenvalue weighted by molar-refractivity contribution is -0.131. The van der Waals surface area contributed by atoms with Crippen molar-refractivity contribution >= 4 is 21.6 Å². The number of ether oxygens (including phenoxy) is 1. The molecule has 3 aromatic carbocycles. The molecular formula is C27H30N2O4S. The molecule has 3 aromatic rings. The molecule has 7 heteroatoms. The Morgan fingerprint density at radius 2 is 1.68 bits per heavy atom. The standard InChI is InChI=1S/C27H30N2O4S/c1-21-10-16-25(17-11-21)34(31,32)29(23-7-4-3-5-8-23)20-18-27(30)28-19-6-9-26(28)22-12-14-24(33-2)15-13-22/h3-5,7-8,10-17,26H,6,9,18-20H2,1-2H3. The molecule has 34 heavy (non-hydrogen) atoms. The van der Waals surface area contributed by atoms with Crippen LogP contribution in [0.5, 0.6) is 5.75 Å². The highest BCUT2D eigenvalue weighted by molar-refractivity contribution is 7.92. The molecule has 6 nitrogen and oxygen atoms in total. The summed E-state index contributed by atoms with van der Waals surface area (Å²) in [4.78, 5) is 15.4. The number of methoxy groups -OCH3 is 1. The van der Waals surface area contributed by atoms with Crippen LogP contribution in [-0.4, -0.2) is 39.4 Å². The predicted molar refractivity (Wildman–Crippen MR) is 133 cm³/mol. The third-order valence-corrected chi connectivity index (χ3v) is 8.10. The van der Waals surface area contributed by atoms with Gasteiger partial charge in [0.05, 0.1) is 23.7 Å². The summed E-state index contributed by atoms with van der Waals surface area (Å²) < 4.78 is 33.6. The Bertz CT molecular complexity index is 1210. The number of nitrogens with zero attached hydrogens (tertiary/aromatic N) is 2. The molecule has 1 amide bonds. The van der Waals surface area contributed by atoms with E-state index in [0.717, 1.165) is 29.7 Å². The molecule has 0 radical (unpaired) electrons. The van der Waals surface area contributed by atoms with Crippen molar-refractivity contribution in [2.75, 3.05) is 24.5 Å². The molecule has 0 aliphatic carbocycles. The zero-order chi connectivity index (χ0) is 24.1. The van der Waals surface area contributed by atoms with Gasteiger partial charge in [0.15, 0.2) is 0 Å². The minimum absolute atomic E-state index is 0.00251. The van der Waals surface area contributed by atoms with E-state index in [1.54, 1.807) is 55.6 Å². The number of benzene rings is 3. The van der Waals surface area contributed by atoms with Crippen molar-refractivity contribution in [2.24, 2.45) is 0 Å². The van der Waals surface area contributed by atoms with Crippen LogP contribution >= 0.6 is 0 Å². The van der Waals surface area contributed by atoms with Crippen LogP contribution in [0.1, 0.15) is 36.4 Å². The van der Waals surface area contributed by atoms with Gasteiger partial charge in [-0.15, -0.1) is 0 Å². The Morgan fingerprint density at radius 3 is 2.32 bits per heavy atom. The summed E-state index contributed by atoms with van der Waals surface area (Å²) in [5.41, 5.74) is 2.60. The first-order chi connectivity index (χ1) is 16.4. The van der Waals surface area contributed by atoms with Crippen molar-refractivity contribution in [3.8, 4) is 5.75 Å². The highest BCUT2D eigenvalue weighted by atomic mass is 32.2. The summed E-state index contributed by atoms with van der Waals surface area (Å²) in [6.45, 7) is 2.66. The van der Waals surface area contributed by atoms with E-state index in [1.807, 2.05) is 42.2 Å². The van der Waals surface area contributed by atoms with Crippen molar-refractivity contribution in [3.63, 3.8) is 0 Å². The Morgan fingerprint density at radius 1 is 1.00 bits per heavy atom. The van der Waals surface area contributed by atoms with Gasteiger partial charge in [0.1, 0.15) is 5.75 Å². The SMILES string of the molecule is COc1ccc(C2CCCN2C(=O)CCN(c2ccccc2)S(=O)(=O)c2ccc(C)cc2)cc1. The monoisotopic (exact) mass is 478 g/mol. The van der Waals surface area contributed by atoms with Crippen molar-refractivity contribution in [3.05, 3.63) is 90.0 Å². The van der Waals surface area contributed by atoms with E-state index in [9.17, 15) is 13.2 Å². The van der Waals surface area contributed by atoms with E-state index in [-0.39, 0.29) is 29.8 Å². The molecule has 1 unspecified atom stereocenters. The summed E-state index contributed by atoms with van der Waals surface area (Å²) in [6, 6.07) is 23.5. The minimum atomic E-state index is -3.81. The van der Waals surface area contributed by atoms with Crippen molar-refractivity contribution in [1.29, 1.82) is 0 Å². The van der Waals surface area contributed by atoms with Crippen LogP contribution in [-0.2, 0) is 14.8 Å². The van der Waals surface area contributed by atoms with Crippen molar-refractivity contribution in [2.45, 2.75) is 37.1 Å². The Hall–Kier alpha value is -3.32. The predicted octanol–water partition coefficient (Wildman–Crippen LogP) is 4.95. The number of likely N-dealkylation sites (tertiary alicyclic amines) is 1. The lowest BCUT2D eigenvalue weighted by atomic mass is 10.0. The summed E-state index contributed by atoms with van der Waals surface area (Å²) in [5.74, 6) is 0.734. The average molecular weight is 479 g/mol. The molecule has 178 valence electrons. The Balaban J connectivity index is 1.54. The molecule has 0 spiro atoms. The molecule has 1 saturated heterocycles. The summed E-state index contributed by atoms with van der Waals surface area (Å²) >= 11 is 0. The van der Waals surface area contributed by atoms with Crippen LogP contribution < -0.4 is 9.04 Å².